The monoisotopic (exact) mass is 563 g/mol. The van der Waals surface area contributed by atoms with E-state index in [1.54, 1.807) is 0 Å². The normalized spacial score (nSPS) is 11.2. The van der Waals surface area contributed by atoms with Crippen LogP contribution in [-0.4, -0.2) is 0 Å². The Morgan fingerprint density at radius 2 is 0.864 bits per heavy atom. The molecule has 0 saturated heterocycles. The van der Waals surface area contributed by atoms with Crippen molar-refractivity contribution in [3.8, 4) is 33.4 Å². The summed E-state index contributed by atoms with van der Waals surface area (Å²) in [4.78, 5) is 2.34. The predicted molar refractivity (Wildman–Crippen MR) is 185 cm³/mol. The zero-order valence-corrected chi connectivity index (χ0v) is 24.1. The number of furan rings is 1. The van der Waals surface area contributed by atoms with Crippen LogP contribution in [0.3, 0.4) is 0 Å². The summed E-state index contributed by atoms with van der Waals surface area (Å²) in [5.74, 6) is 0. The van der Waals surface area contributed by atoms with Crippen LogP contribution in [0.2, 0.25) is 0 Å². The van der Waals surface area contributed by atoms with Gasteiger partial charge in [-0.2, -0.15) is 0 Å². The third-order valence-electron chi connectivity index (χ3n) is 8.26. The van der Waals surface area contributed by atoms with Gasteiger partial charge in [0.15, 0.2) is 0 Å². The average molecular weight is 564 g/mol. The molecule has 8 aromatic rings. The minimum Gasteiger partial charge on any atom is -0.455 e. The lowest BCUT2D eigenvalue weighted by Crippen LogP contribution is -2.10. The highest BCUT2D eigenvalue weighted by molar-refractivity contribution is 6.09. The fourth-order valence-corrected chi connectivity index (χ4v) is 6.12. The van der Waals surface area contributed by atoms with E-state index >= 15 is 0 Å². The van der Waals surface area contributed by atoms with Crippen LogP contribution >= 0.6 is 0 Å². The molecule has 0 atom stereocenters. The van der Waals surface area contributed by atoms with Crippen molar-refractivity contribution in [3.63, 3.8) is 0 Å². The summed E-state index contributed by atoms with van der Waals surface area (Å²) in [6.45, 7) is 0. The molecule has 0 aliphatic heterocycles. The lowest BCUT2D eigenvalue weighted by Gasteiger charge is -2.27. The van der Waals surface area contributed by atoms with E-state index in [0.29, 0.717) is 0 Å². The number of para-hydroxylation sites is 2. The van der Waals surface area contributed by atoms with Gasteiger partial charge in [-0.3, -0.25) is 0 Å². The largest absolute Gasteiger partial charge is 0.455 e. The molecule has 44 heavy (non-hydrogen) atoms. The maximum absolute atomic E-state index is 6.35. The molecule has 0 N–H and O–H groups in total. The van der Waals surface area contributed by atoms with Gasteiger partial charge in [0.1, 0.15) is 11.2 Å². The van der Waals surface area contributed by atoms with Gasteiger partial charge in [0.2, 0.25) is 0 Å². The summed E-state index contributed by atoms with van der Waals surface area (Å²) in [5.41, 5.74) is 12.1. The molecule has 0 fully saturated rings. The SMILES string of the molecule is c1ccc(-c2cccc(N(c3ccc(-c4cccc5c4oc4ccccc45)cc3)c3cccc(-c4ccccc4)c3)c2)cc1. The van der Waals surface area contributed by atoms with E-state index < -0.39 is 0 Å². The molecule has 0 bridgehead atoms. The molecule has 0 aliphatic rings. The van der Waals surface area contributed by atoms with Crippen molar-refractivity contribution in [1.82, 2.24) is 0 Å². The topological polar surface area (TPSA) is 16.4 Å². The molecule has 0 spiro atoms. The summed E-state index contributed by atoms with van der Waals surface area (Å²) >= 11 is 0. The van der Waals surface area contributed by atoms with Gasteiger partial charge in [0.25, 0.3) is 0 Å². The van der Waals surface area contributed by atoms with Crippen molar-refractivity contribution in [2.24, 2.45) is 0 Å². The van der Waals surface area contributed by atoms with Crippen LogP contribution in [0.15, 0.2) is 180 Å². The average Bonchev–Trinajstić information content (AvgIpc) is 3.49. The van der Waals surface area contributed by atoms with Crippen LogP contribution in [0.5, 0.6) is 0 Å². The summed E-state index contributed by atoms with van der Waals surface area (Å²) in [5, 5.41) is 2.28. The molecule has 0 saturated carbocycles. The second kappa shape index (κ2) is 11.1. The van der Waals surface area contributed by atoms with Crippen molar-refractivity contribution in [2.75, 3.05) is 4.90 Å². The summed E-state index contributed by atoms with van der Waals surface area (Å²) < 4.78 is 6.35. The predicted octanol–water partition coefficient (Wildman–Crippen LogP) is 12.1. The van der Waals surface area contributed by atoms with Crippen LogP contribution in [0.25, 0.3) is 55.3 Å². The van der Waals surface area contributed by atoms with Gasteiger partial charge >= 0.3 is 0 Å². The van der Waals surface area contributed by atoms with E-state index in [1.165, 1.54) is 22.3 Å². The van der Waals surface area contributed by atoms with E-state index in [0.717, 1.165) is 50.1 Å². The molecule has 0 aliphatic carbocycles. The van der Waals surface area contributed by atoms with Crippen molar-refractivity contribution in [3.05, 3.63) is 176 Å². The van der Waals surface area contributed by atoms with Gasteiger partial charge in [0.05, 0.1) is 0 Å². The zero-order valence-electron chi connectivity index (χ0n) is 24.1. The number of fused-ring (bicyclic) bond motifs is 3. The summed E-state index contributed by atoms with van der Waals surface area (Å²) in [7, 11) is 0. The van der Waals surface area contributed by atoms with Gasteiger partial charge in [-0.25, -0.2) is 0 Å². The van der Waals surface area contributed by atoms with Crippen LogP contribution in [-0.2, 0) is 0 Å². The molecule has 1 aromatic heterocycles. The first kappa shape index (κ1) is 25.8. The highest BCUT2D eigenvalue weighted by Gasteiger charge is 2.16. The van der Waals surface area contributed by atoms with Crippen LogP contribution in [0, 0.1) is 0 Å². The van der Waals surface area contributed by atoms with Gasteiger partial charge in [-0.05, 0) is 70.3 Å². The summed E-state index contributed by atoms with van der Waals surface area (Å²) in [6, 6.07) is 62.1. The van der Waals surface area contributed by atoms with Gasteiger partial charge in [-0.1, -0.05) is 133 Å². The highest BCUT2D eigenvalue weighted by atomic mass is 16.3. The third-order valence-corrected chi connectivity index (χ3v) is 8.26. The minimum absolute atomic E-state index is 0.911. The Morgan fingerprint density at radius 3 is 1.50 bits per heavy atom. The first-order chi connectivity index (χ1) is 21.8. The van der Waals surface area contributed by atoms with E-state index in [1.807, 2.05) is 12.1 Å². The van der Waals surface area contributed by atoms with Crippen molar-refractivity contribution < 1.29 is 4.42 Å². The quantitative estimate of drug-likeness (QED) is 0.200. The molecule has 208 valence electrons. The van der Waals surface area contributed by atoms with Crippen molar-refractivity contribution in [2.45, 2.75) is 0 Å². The van der Waals surface area contributed by atoms with E-state index in [2.05, 4.69) is 169 Å². The first-order valence-corrected chi connectivity index (χ1v) is 14.9. The number of benzene rings is 7. The Kier molecular flexibility index (Phi) is 6.51. The number of hydrogen-bond donors (Lipinski definition) is 0. The Hall–Kier alpha value is -5.86. The van der Waals surface area contributed by atoms with Crippen molar-refractivity contribution in [1.29, 1.82) is 0 Å². The molecule has 8 rings (SSSR count). The molecular weight excluding hydrogens is 534 g/mol. The number of hydrogen-bond acceptors (Lipinski definition) is 2. The van der Waals surface area contributed by atoms with Gasteiger partial charge in [-0.15, -0.1) is 0 Å². The molecular formula is C42H29NO. The molecule has 0 amide bonds. The standard InChI is InChI=1S/C42H29NO/c1-3-12-30(13-4-1)33-16-9-18-36(28-33)43(37-19-10-17-34(29-37)31-14-5-2-6-15-31)35-26-24-32(25-27-35)38-21-11-22-40-39-20-7-8-23-41(39)44-42(38)40/h1-29H. The Bertz CT molecular complexity index is 2130. The second-order valence-electron chi connectivity index (χ2n) is 11.0. The molecule has 7 aromatic carbocycles. The number of rotatable bonds is 6. The number of anilines is 3. The van der Waals surface area contributed by atoms with Crippen LogP contribution in [0.4, 0.5) is 17.1 Å². The van der Waals surface area contributed by atoms with Gasteiger partial charge in [0, 0.05) is 33.4 Å². The van der Waals surface area contributed by atoms with Crippen LogP contribution in [0.1, 0.15) is 0 Å². The van der Waals surface area contributed by atoms with E-state index in [9.17, 15) is 0 Å². The highest BCUT2D eigenvalue weighted by Crippen LogP contribution is 2.40. The fourth-order valence-electron chi connectivity index (χ4n) is 6.12. The second-order valence-corrected chi connectivity index (χ2v) is 11.0. The Morgan fingerprint density at radius 1 is 0.341 bits per heavy atom. The van der Waals surface area contributed by atoms with Crippen molar-refractivity contribution >= 4 is 39.0 Å². The number of nitrogens with zero attached hydrogens (tertiary/aromatic N) is 1. The zero-order chi connectivity index (χ0) is 29.3. The first-order valence-electron chi connectivity index (χ1n) is 14.9. The summed E-state index contributed by atoms with van der Waals surface area (Å²) in [6.07, 6.45) is 0. The Labute approximate surface area is 257 Å². The van der Waals surface area contributed by atoms with E-state index in [-0.39, 0.29) is 0 Å². The smallest absolute Gasteiger partial charge is 0.143 e. The van der Waals surface area contributed by atoms with Gasteiger partial charge < -0.3 is 9.32 Å². The van der Waals surface area contributed by atoms with Crippen LogP contribution < -0.4 is 4.90 Å². The molecule has 0 radical (unpaired) electrons. The van der Waals surface area contributed by atoms with E-state index in [4.69, 9.17) is 4.42 Å². The maximum atomic E-state index is 6.35. The third kappa shape index (κ3) is 4.73. The molecule has 1 heterocycles. The minimum atomic E-state index is 0.911. The Balaban J connectivity index is 1.25. The molecule has 0 unspecified atom stereocenters. The lowest BCUT2D eigenvalue weighted by atomic mass is 10.0. The maximum Gasteiger partial charge on any atom is 0.143 e. The lowest BCUT2D eigenvalue weighted by molar-refractivity contribution is 0.670. The fraction of sp³-hybridized carbons (Fsp3) is 0. The molecule has 2 heteroatoms. The molecule has 2 nitrogen and oxygen atoms in total.